The molecule has 1 heterocycles. The number of hydrogen-bond acceptors (Lipinski definition) is 4. The minimum absolute atomic E-state index is 0.203. The maximum absolute atomic E-state index is 12.5. The van der Waals surface area contributed by atoms with Crippen LogP contribution < -0.4 is 0 Å². The number of rotatable bonds is 4. The van der Waals surface area contributed by atoms with Crippen LogP contribution in [0.2, 0.25) is 0 Å². The van der Waals surface area contributed by atoms with E-state index in [2.05, 4.69) is 10.3 Å². The van der Waals surface area contributed by atoms with E-state index in [9.17, 15) is 8.42 Å². The molecular weight excluding hydrogens is 298 g/mol. The Hall–Kier alpha value is -2.47. The van der Waals surface area contributed by atoms with Crippen LogP contribution in [0, 0.1) is 6.92 Å². The monoisotopic (exact) mass is 313 g/mol. The Kier molecular flexibility index (Phi) is 3.77. The molecule has 6 heteroatoms. The maximum Gasteiger partial charge on any atom is 0.284 e. The second-order valence-corrected chi connectivity index (χ2v) is 6.86. The summed E-state index contributed by atoms with van der Waals surface area (Å²) in [6, 6.07) is 16.4. The Balaban J connectivity index is 1.88. The minimum atomic E-state index is -3.68. The predicted molar refractivity (Wildman–Crippen MR) is 83.0 cm³/mol. The van der Waals surface area contributed by atoms with Crippen molar-refractivity contribution in [3.05, 3.63) is 77.6 Å². The highest BCUT2D eigenvalue weighted by Gasteiger charge is 2.18. The molecule has 0 radical (unpaired) electrons. The summed E-state index contributed by atoms with van der Waals surface area (Å²) >= 11 is 0. The SMILES string of the molecule is Cc1ccc(S(=O)(=O)n2cc(Cc3ccccc3)nn2)cc1. The second kappa shape index (κ2) is 5.73. The quantitative estimate of drug-likeness (QED) is 0.742. The van der Waals surface area contributed by atoms with Crippen LogP contribution in [-0.2, 0) is 16.4 Å². The van der Waals surface area contributed by atoms with E-state index < -0.39 is 10.0 Å². The third-order valence-electron chi connectivity index (χ3n) is 3.31. The van der Waals surface area contributed by atoms with Gasteiger partial charge in [0.25, 0.3) is 10.0 Å². The summed E-state index contributed by atoms with van der Waals surface area (Å²) in [5.74, 6) is 0. The fourth-order valence-electron chi connectivity index (χ4n) is 2.10. The smallest absolute Gasteiger partial charge is 0.199 e. The number of aromatic nitrogens is 3. The molecule has 0 atom stereocenters. The normalized spacial score (nSPS) is 11.5. The fraction of sp³-hybridized carbons (Fsp3) is 0.125. The molecule has 0 aliphatic heterocycles. The van der Waals surface area contributed by atoms with E-state index in [0.29, 0.717) is 12.1 Å². The van der Waals surface area contributed by atoms with E-state index >= 15 is 0 Å². The van der Waals surface area contributed by atoms with Gasteiger partial charge >= 0.3 is 0 Å². The van der Waals surface area contributed by atoms with Crippen molar-refractivity contribution in [2.45, 2.75) is 18.2 Å². The molecule has 112 valence electrons. The molecule has 0 amide bonds. The van der Waals surface area contributed by atoms with Gasteiger partial charge < -0.3 is 0 Å². The van der Waals surface area contributed by atoms with Gasteiger partial charge in [-0.3, -0.25) is 0 Å². The van der Waals surface area contributed by atoms with Crippen LogP contribution in [0.25, 0.3) is 0 Å². The van der Waals surface area contributed by atoms with Crippen molar-refractivity contribution in [2.75, 3.05) is 0 Å². The molecule has 2 aromatic carbocycles. The second-order valence-electron chi connectivity index (χ2n) is 5.06. The molecule has 1 aromatic heterocycles. The Morgan fingerprint density at radius 1 is 1.00 bits per heavy atom. The summed E-state index contributed by atoms with van der Waals surface area (Å²) in [7, 11) is -3.68. The van der Waals surface area contributed by atoms with Gasteiger partial charge in [0.05, 0.1) is 16.8 Å². The van der Waals surface area contributed by atoms with Crippen LogP contribution >= 0.6 is 0 Å². The highest BCUT2D eigenvalue weighted by atomic mass is 32.2. The molecule has 0 aliphatic rings. The molecule has 0 unspecified atom stereocenters. The van der Waals surface area contributed by atoms with Crippen molar-refractivity contribution in [1.29, 1.82) is 0 Å². The number of aryl methyl sites for hydroxylation is 1. The molecule has 0 bridgehead atoms. The highest BCUT2D eigenvalue weighted by Crippen LogP contribution is 2.14. The average molecular weight is 313 g/mol. The van der Waals surface area contributed by atoms with Crippen LogP contribution in [0.1, 0.15) is 16.8 Å². The first kappa shape index (κ1) is 14.5. The summed E-state index contributed by atoms with van der Waals surface area (Å²) in [6.07, 6.45) is 2.01. The molecule has 0 spiro atoms. The summed E-state index contributed by atoms with van der Waals surface area (Å²) in [4.78, 5) is 0.203. The standard InChI is InChI=1S/C16H15N3O2S/c1-13-7-9-16(10-8-13)22(20,21)19-12-15(17-18-19)11-14-5-3-2-4-6-14/h2-10,12H,11H2,1H3. The van der Waals surface area contributed by atoms with E-state index in [1.165, 1.54) is 6.20 Å². The molecule has 0 N–H and O–H groups in total. The van der Waals surface area contributed by atoms with Crippen LogP contribution in [0.4, 0.5) is 0 Å². The van der Waals surface area contributed by atoms with Gasteiger partial charge in [0.1, 0.15) is 0 Å². The fourth-order valence-corrected chi connectivity index (χ4v) is 3.19. The van der Waals surface area contributed by atoms with Gasteiger partial charge in [-0.2, -0.15) is 8.42 Å². The molecule has 3 rings (SSSR count). The predicted octanol–water partition coefficient (Wildman–Crippen LogP) is 2.41. The third kappa shape index (κ3) is 2.92. The van der Waals surface area contributed by atoms with Crippen LogP contribution in [0.15, 0.2) is 65.7 Å². The highest BCUT2D eigenvalue weighted by molar-refractivity contribution is 7.89. The van der Waals surface area contributed by atoms with Gasteiger partial charge in [0.15, 0.2) is 0 Å². The lowest BCUT2D eigenvalue weighted by Crippen LogP contribution is -2.13. The molecule has 0 saturated carbocycles. The van der Waals surface area contributed by atoms with Crippen molar-refractivity contribution in [3.8, 4) is 0 Å². The largest absolute Gasteiger partial charge is 0.284 e. The molecule has 0 fully saturated rings. The van der Waals surface area contributed by atoms with E-state index in [1.807, 2.05) is 37.3 Å². The summed E-state index contributed by atoms with van der Waals surface area (Å²) in [6.45, 7) is 1.91. The van der Waals surface area contributed by atoms with Crippen molar-refractivity contribution < 1.29 is 8.42 Å². The van der Waals surface area contributed by atoms with Crippen molar-refractivity contribution >= 4 is 10.0 Å². The number of hydrogen-bond donors (Lipinski definition) is 0. The zero-order valence-corrected chi connectivity index (χ0v) is 12.9. The van der Waals surface area contributed by atoms with Crippen molar-refractivity contribution in [2.24, 2.45) is 0 Å². The first-order chi connectivity index (χ1) is 10.6. The zero-order valence-electron chi connectivity index (χ0n) is 12.0. The maximum atomic E-state index is 12.5. The third-order valence-corrected chi connectivity index (χ3v) is 4.85. The molecule has 0 aliphatic carbocycles. The van der Waals surface area contributed by atoms with Crippen molar-refractivity contribution in [3.63, 3.8) is 0 Å². The van der Waals surface area contributed by atoms with Gasteiger partial charge in [0.2, 0.25) is 0 Å². The summed E-state index contributed by atoms with van der Waals surface area (Å²) < 4.78 is 25.9. The average Bonchev–Trinajstić information content (AvgIpc) is 2.98. The minimum Gasteiger partial charge on any atom is -0.199 e. The van der Waals surface area contributed by atoms with Gasteiger partial charge in [-0.25, -0.2) is 0 Å². The molecule has 0 saturated heterocycles. The molecule has 22 heavy (non-hydrogen) atoms. The lowest BCUT2D eigenvalue weighted by atomic mass is 10.1. The van der Waals surface area contributed by atoms with Crippen LogP contribution in [0.5, 0.6) is 0 Å². The Bertz CT molecular complexity index is 869. The van der Waals surface area contributed by atoms with Crippen LogP contribution in [-0.4, -0.2) is 22.8 Å². The van der Waals surface area contributed by atoms with Gasteiger partial charge in [0, 0.05) is 6.42 Å². The lowest BCUT2D eigenvalue weighted by molar-refractivity contribution is 0.577. The van der Waals surface area contributed by atoms with E-state index in [0.717, 1.165) is 15.2 Å². The first-order valence-corrected chi connectivity index (χ1v) is 8.27. The van der Waals surface area contributed by atoms with Crippen LogP contribution in [0.3, 0.4) is 0 Å². The number of benzene rings is 2. The summed E-state index contributed by atoms with van der Waals surface area (Å²) in [5.41, 5.74) is 2.67. The molecular formula is C16H15N3O2S. The van der Waals surface area contributed by atoms with E-state index in [4.69, 9.17) is 0 Å². The summed E-state index contributed by atoms with van der Waals surface area (Å²) in [5, 5.41) is 7.72. The van der Waals surface area contributed by atoms with Gasteiger partial charge in [-0.15, -0.1) is 9.19 Å². The van der Waals surface area contributed by atoms with E-state index in [1.54, 1.807) is 24.3 Å². The Morgan fingerprint density at radius 3 is 2.36 bits per heavy atom. The Labute approximate surface area is 129 Å². The molecule has 5 nitrogen and oxygen atoms in total. The lowest BCUT2D eigenvalue weighted by Gasteiger charge is -2.03. The zero-order chi connectivity index (χ0) is 15.6. The molecule has 3 aromatic rings. The Morgan fingerprint density at radius 2 is 1.68 bits per heavy atom. The van der Waals surface area contributed by atoms with Gasteiger partial charge in [-0.05, 0) is 24.6 Å². The number of nitrogens with zero attached hydrogens (tertiary/aromatic N) is 3. The first-order valence-electron chi connectivity index (χ1n) is 6.83. The van der Waals surface area contributed by atoms with Crippen molar-refractivity contribution in [1.82, 2.24) is 14.4 Å². The van der Waals surface area contributed by atoms with Gasteiger partial charge in [-0.1, -0.05) is 53.2 Å². The van der Waals surface area contributed by atoms with E-state index in [-0.39, 0.29) is 4.90 Å². The topological polar surface area (TPSA) is 64.8 Å².